The van der Waals surface area contributed by atoms with Crippen molar-refractivity contribution in [2.45, 2.75) is 45.4 Å². The van der Waals surface area contributed by atoms with Crippen LogP contribution in [-0.2, 0) is 9.59 Å². The van der Waals surface area contributed by atoms with Crippen LogP contribution >= 0.6 is 0 Å². The molecule has 1 fully saturated rings. The molecule has 120 valence electrons. The molecule has 0 unspecified atom stereocenters. The molecule has 4 heteroatoms. The minimum Gasteiger partial charge on any atom is -0.481 e. The third-order valence-corrected chi connectivity index (χ3v) is 4.51. The number of aryl methyl sites for hydroxylation is 1. The summed E-state index contributed by atoms with van der Waals surface area (Å²) in [5.41, 5.74) is 2.22. The lowest BCUT2D eigenvalue weighted by Gasteiger charge is -2.34. The fourth-order valence-electron chi connectivity index (χ4n) is 3.18. The van der Waals surface area contributed by atoms with Crippen molar-refractivity contribution in [1.29, 1.82) is 0 Å². The first-order valence-electron chi connectivity index (χ1n) is 8.04. The van der Waals surface area contributed by atoms with Gasteiger partial charge in [0.25, 0.3) is 0 Å². The van der Waals surface area contributed by atoms with Gasteiger partial charge in [-0.1, -0.05) is 29.8 Å². The SMILES string of the molecule is Cc1cccc([C@@H](C)C(=O)N2CCC[C@H](CCC(=O)O)C2)c1. The van der Waals surface area contributed by atoms with Crippen molar-refractivity contribution in [1.82, 2.24) is 4.90 Å². The van der Waals surface area contributed by atoms with Gasteiger partial charge >= 0.3 is 5.97 Å². The number of likely N-dealkylation sites (tertiary alicyclic amines) is 1. The summed E-state index contributed by atoms with van der Waals surface area (Å²) >= 11 is 0. The van der Waals surface area contributed by atoms with Gasteiger partial charge < -0.3 is 10.0 Å². The van der Waals surface area contributed by atoms with Gasteiger partial charge in [0, 0.05) is 19.5 Å². The molecule has 2 atom stereocenters. The van der Waals surface area contributed by atoms with Crippen LogP contribution in [0.3, 0.4) is 0 Å². The molecule has 1 aliphatic rings. The number of benzene rings is 1. The van der Waals surface area contributed by atoms with Crippen molar-refractivity contribution in [3.8, 4) is 0 Å². The molecule has 1 aromatic carbocycles. The Morgan fingerprint density at radius 3 is 2.86 bits per heavy atom. The Kier molecular flexibility index (Phi) is 5.58. The molecule has 0 bridgehead atoms. The predicted molar refractivity (Wildman–Crippen MR) is 85.8 cm³/mol. The summed E-state index contributed by atoms with van der Waals surface area (Å²) in [7, 11) is 0. The summed E-state index contributed by atoms with van der Waals surface area (Å²) in [6.45, 7) is 5.47. The molecule has 0 aromatic heterocycles. The number of rotatable bonds is 5. The van der Waals surface area contributed by atoms with Gasteiger partial charge in [-0.3, -0.25) is 9.59 Å². The Balaban J connectivity index is 1.97. The maximum atomic E-state index is 12.7. The lowest BCUT2D eigenvalue weighted by molar-refractivity contribution is -0.137. The first kappa shape index (κ1) is 16.5. The topological polar surface area (TPSA) is 57.6 Å². The number of amides is 1. The number of piperidine rings is 1. The van der Waals surface area contributed by atoms with Crippen molar-refractivity contribution in [3.05, 3.63) is 35.4 Å². The van der Waals surface area contributed by atoms with Gasteiger partial charge in [-0.05, 0) is 44.6 Å². The van der Waals surface area contributed by atoms with Crippen molar-refractivity contribution in [3.63, 3.8) is 0 Å². The van der Waals surface area contributed by atoms with E-state index < -0.39 is 5.97 Å². The van der Waals surface area contributed by atoms with Crippen molar-refractivity contribution in [2.75, 3.05) is 13.1 Å². The minimum absolute atomic E-state index is 0.141. The quantitative estimate of drug-likeness (QED) is 0.908. The molecule has 1 heterocycles. The highest BCUT2D eigenvalue weighted by molar-refractivity contribution is 5.83. The Bertz CT molecular complexity index is 541. The molecule has 2 rings (SSSR count). The molecule has 0 spiro atoms. The van der Waals surface area contributed by atoms with Crippen LogP contribution in [0.4, 0.5) is 0 Å². The fraction of sp³-hybridized carbons (Fsp3) is 0.556. The number of hydrogen-bond acceptors (Lipinski definition) is 2. The molecule has 4 nitrogen and oxygen atoms in total. The van der Waals surface area contributed by atoms with Crippen LogP contribution in [0.25, 0.3) is 0 Å². The fourth-order valence-corrected chi connectivity index (χ4v) is 3.18. The standard InChI is InChI=1S/C18H25NO3/c1-13-5-3-7-16(11-13)14(2)18(22)19-10-4-6-15(12-19)8-9-17(20)21/h3,5,7,11,14-15H,4,6,8-10,12H2,1-2H3,(H,20,21)/t14-,15-/m1/s1. The zero-order chi connectivity index (χ0) is 16.1. The predicted octanol–water partition coefficient (Wildman–Crippen LogP) is 3.20. The molecular formula is C18H25NO3. The molecule has 1 aromatic rings. The van der Waals surface area contributed by atoms with Crippen molar-refractivity contribution >= 4 is 11.9 Å². The highest BCUT2D eigenvalue weighted by Gasteiger charge is 2.27. The van der Waals surface area contributed by atoms with Gasteiger partial charge in [0.15, 0.2) is 0 Å². The van der Waals surface area contributed by atoms with Crippen LogP contribution in [0.1, 0.15) is 49.7 Å². The lowest BCUT2D eigenvalue weighted by atomic mass is 9.91. The average molecular weight is 303 g/mol. The Morgan fingerprint density at radius 1 is 1.41 bits per heavy atom. The average Bonchev–Trinajstić information content (AvgIpc) is 2.52. The van der Waals surface area contributed by atoms with E-state index in [1.54, 1.807) is 0 Å². The third kappa shape index (κ3) is 4.33. The van der Waals surface area contributed by atoms with E-state index in [4.69, 9.17) is 5.11 Å². The zero-order valence-corrected chi connectivity index (χ0v) is 13.4. The first-order valence-corrected chi connectivity index (χ1v) is 8.04. The van der Waals surface area contributed by atoms with E-state index in [1.165, 1.54) is 0 Å². The Morgan fingerprint density at radius 2 is 2.18 bits per heavy atom. The van der Waals surface area contributed by atoms with Crippen LogP contribution in [-0.4, -0.2) is 35.0 Å². The minimum atomic E-state index is -0.753. The number of hydrogen-bond donors (Lipinski definition) is 1. The van der Waals surface area contributed by atoms with Gasteiger partial charge in [0.2, 0.25) is 5.91 Å². The van der Waals surface area contributed by atoms with Gasteiger partial charge in [-0.15, -0.1) is 0 Å². The maximum Gasteiger partial charge on any atom is 0.303 e. The molecule has 0 saturated carbocycles. The van der Waals surface area contributed by atoms with E-state index in [0.717, 1.165) is 30.5 Å². The Hall–Kier alpha value is -1.84. The number of carboxylic acids is 1. The van der Waals surface area contributed by atoms with Crippen LogP contribution in [0.15, 0.2) is 24.3 Å². The second-order valence-electron chi connectivity index (χ2n) is 6.36. The highest BCUT2D eigenvalue weighted by atomic mass is 16.4. The van der Waals surface area contributed by atoms with E-state index in [-0.39, 0.29) is 18.2 Å². The van der Waals surface area contributed by atoms with E-state index in [1.807, 2.05) is 36.9 Å². The van der Waals surface area contributed by atoms with Crippen LogP contribution in [0, 0.1) is 12.8 Å². The van der Waals surface area contributed by atoms with Crippen LogP contribution in [0.2, 0.25) is 0 Å². The largest absolute Gasteiger partial charge is 0.481 e. The smallest absolute Gasteiger partial charge is 0.303 e. The van der Waals surface area contributed by atoms with Gasteiger partial charge in [0.1, 0.15) is 0 Å². The molecule has 0 aliphatic carbocycles. The lowest BCUT2D eigenvalue weighted by Crippen LogP contribution is -2.42. The van der Waals surface area contributed by atoms with E-state index in [2.05, 4.69) is 6.07 Å². The molecule has 1 amide bonds. The zero-order valence-electron chi connectivity index (χ0n) is 13.4. The van der Waals surface area contributed by atoms with E-state index >= 15 is 0 Å². The van der Waals surface area contributed by atoms with E-state index in [0.29, 0.717) is 18.9 Å². The second kappa shape index (κ2) is 7.43. The maximum absolute atomic E-state index is 12.7. The monoisotopic (exact) mass is 303 g/mol. The first-order chi connectivity index (χ1) is 10.5. The summed E-state index contributed by atoms with van der Waals surface area (Å²) < 4.78 is 0. The van der Waals surface area contributed by atoms with Gasteiger partial charge in [-0.2, -0.15) is 0 Å². The molecule has 1 N–H and O–H groups in total. The number of carbonyl (C=O) groups excluding carboxylic acids is 1. The Labute approximate surface area is 132 Å². The summed E-state index contributed by atoms with van der Waals surface area (Å²) in [6, 6.07) is 8.08. The van der Waals surface area contributed by atoms with Crippen LogP contribution in [0.5, 0.6) is 0 Å². The van der Waals surface area contributed by atoms with Gasteiger partial charge in [-0.25, -0.2) is 0 Å². The molecule has 0 radical (unpaired) electrons. The van der Waals surface area contributed by atoms with Crippen molar-refractivity contribution in [2.24, 2.45) is 5.92 Å². The molecule has 1 aliphatic heterocycles. The molecule has 22 heavy (non-hydrogen) atoms. The van der Waals surface area contributed by atoms with Gasteiger partial charge in [0.05, 0.1) is 5.92 Å². The van der Waals surface area contributed by atoms with Crippen LogP contribution < -0.4 is 0 Å². The summed E-state index contributed by atoms with van der Waals surface area (Å²) in [4.78, 5) is 25.3. The molecular weight excluding hydrogens is 278 g/mol. The number of nitrogens with zero attached hydrogens (tertiary/aromatic N) is 1. The summed E-state index contributed by atoms with van der Waals surface area (Å²) in [6.07, 6.45) is 2.85. The third-order valence-electron chi connectivity index (χ3n) is 4.51. The normalized spacial score (nSPS) is 19.7. The number of carbonyl (C=O) groups is 2. The van der Waals surface area contributed by atoms with Crippen molar-refractivity contribution < 1.29 is 14.7 Å². The highest BCUT2D eigenvalue weighted by Crippen LogP contribution is 2.25. The number of carboxylic acid groups (broad SMARTS) is 1. The number of aliphatic carboxylic acids is 1. The summed E-state index contributed by atoms with van der Waals surface area (Å²) in [5.74, 6) is -0.418. The molecule has 1 saturated heterocycles. The second-order valence-corrected chi connectivity index (χ2v) is 6.36. The van der Waals surface area contributed by atoms with E-state index in [9.17, 15) is 9.59 Å². The summed E-state index contributed by atoms with van der Waals surface area (Å²) in [5, 5.41) is 8.80.